The quantitative estimate of drug-likeness (QED) is 0.384. The minimum Gasteiger partial charge on any atom is -0.440 e. The standard InChI is InChI=1S/C24H20ClN3O2S/c1-14-11-20-21(12-15(14)2)30-22(27-20)13-16-3-9-19(10-4-16)26-24(31)28-23(29)17-5-7-18(25)8-6-17/h3-12H,13H2,1-2H3,(H2,26,28,29,31). The molecule has 0 aliphatic rings. The molecule has 31 heavy (non-hydrogen) atoms. The van der Waals surface area contributed by atoms with E-state index in [1.54, 1.807) is 24.3 Å². The minimum atomic E-state index is -0.299. The molecule has 1 heterocycles. The number of nitrogens with one attached hydrogen (secondary N) is 2. The third-order valence-electron chi connectivity index (χ3n) is 4.95. The molecular weight excluding hydrogens is 430 g/mol. The molecule has 3 aromatic carbocycles. The summed E-state index contributed by atoms with van der Waals surface area (Å²) >= 11 is 11.1. The second-order valence-corrected chi connectivity index (χ2v) is 8.15. The first-order chi connectivity index (χ1) is 14.9. The van der Waals surface area contributed by atoms with Crippen molar-refractivity contribution >= 4 is 51.6 Å². The number of nitrogens with zero attached hydrogens (tertiary/aromatic N) is 1. The van der Waals surface area contributed by atoms with Crippen LogP contribution in [0, 0.1) is 13.8 Å². The Bertz CT molecular complexity index is 1230. The lowest BCUT2D eigenvalue weighted by Gasteiger charge is -2.10. The molecule has 0 aliphatic carbocycles. The summed E-state index contributed by atoms with van der Waals surface area (Å²) in [6, 6.07) is 18.4. The van der Waals surface area contributed by atoms with Crippen LogP contribution in [0.2, 0.25) is 5.02 Å². The van der Waals surface area contributed by atoms with Gasteiger partial charge in [-0.15, -0.1) is 0 Å². The normalized spacial score (nSPS) is 10.8. The first-order valence-corrected chi connectivity index (χ1v) is 10.5. The SMILES string of the molecule is Cc1cc2nc(Cc3ccc(NC(=S)NC(=O)c4ccc(Cl)cc4)cc3)oc2cc1C. The average Bonchev–Trinajstić information content (AvgIpc) is 3.11. The molecule has 5 nitrogen and oxygen atoms in total. The summed E-state index contributed by atoms with van der Waals surface area (Å²) in [6.45, 7) is 4.13. The molecule has 7 heteroatoms. The van der Waals surface area contributed by atoms with Crippen LogP contribution in [-0.4, -0.2) is 16.0 Å². The van der Waals surface area contributed by atoms with Gasteiger partial charge >= 0.3 is 0 Å². The second-order valence-electron chi connectivity index (χ2n) is 7.30. The lowest BCUT2D eigenvalue weighted by molar-refractivity contribution is 0.0977. The van der Waals surface area contributed by atoms with Crippen LogP contribution in [0.15, 0.2) is 65.1 Å². The van der Waals surface area contributed by atoms with Crippen LogP contribution in [0.4, 0.5) is 5.69 Å². The van der Waals surface area contributed by atoms with E-state index in [1.165, 1.54) is 11.1 Å². The van der Waals surface area contributed by atoms with Gasteiger partial charge in [0.05, 0.1) is 0 Å². The lowest BCUT2D eigenvalue weighted by Crippen LogP contribution is -2.34. The molecule has 0 saturated heterocycles. The summed E-state index contributed by atoms with van der Waals surface area (Å²) in [5.74, 6) is 0.374. The zero-order valence-corrected chi connectivity index (χ0v) is 18.6. The minimum absolute atomic E-state index is 0.220. The molecule has 0 spiro atoms. The van der Waals surface area contributed by atoms with Gasteiger partial charge in [0.2, 0.25) is 0 Å². The number of rotatable bonds is 4. The Balaban J connectivity index is 1.37. The predicted molar refractivity (Wildman–Crippen MR) is 128 cm³/mol. The number of anilines is 1. The van der Waals surface area contributed by atoms with Crippen molar-refractivity contribution in [2.75, 3.05) is 5.32 Å². The molecule has 0 radical (unpaired) electrons. The molecule has 1 amide bonds. The number of amides is 1. The summed E-state index contributed by atoms with van der Waals surface area (Å²) in [4.78, 5) is 16.8. The Morgan fingerprint density at radius 3 is 2.42 bits per heavy atom. The molecule has 0 bridgehead atoms. The van der Waals surface area contributed by atoms with Crippen LogP contribution in [-0.2, 0) is 6.42 Å². The Labute approximate surface area is 190 Å². The van der Waals surface area contributed by atoms with Crippen molar-refractivity contribution < 1.29 is 9.21 Å². The van der Waals surface area contributed by atoms with Crippen LogP contribution in [0.25, 0.3) is 11.1 Å². The van der Waals surface area contributed by atoms with Gasteiger partial charge in [-0.05, 0) is 91.3 Å². The molecule has 0 atom stereocenters. The Kier molecular flexibility index (Phi) is 6.02. The molecule has 4 rings (SSSR count). The smallest absolute Gasteiger partial charge is 0.257 e. The van der Waals surface area contributed by atoms with E-state index in [0.29, 0.717) is 22.9 Å². The molecular formula is C24H20ClN3O2S. The van der Waals surface area contributed by atoms with E-state index in [4.69, 9.17) is 28.2 Å². The number of benzene rings is 3. The number of hydrogen-bond donors (Lipinski definition) is 2. The Morgan fingerprint density at radius 2 is 1.71 bits per heavy atom. The molecule has 0 fully saturated rings. The fourth-order valence-electron chi connectivity index (χ4n) is 3.12. The van der Waals surface area contributed by atoms with E-state index >= 15 is 0 Å². The zero-order chi connectivity index (χ0) is 22.0. The van der Waals surface area contributed by atoms with E-state index in [1.807, 2.05) is 36.4 Å². The summed E-state index contributed by atoms with van der Waals surface area (Å²) in [5, 5.41) is 6.46. The molecule has 1 aromatic heterocycles. The number of halogens is 1. The summed E-state index contributed by atoms with van der Waals surface area (Å²) < 4.78 is 5.89. The molecule has 0 unspecified atom stereocenters. The first-order valence-electron chi connectivity index (χ1n) is 9.71. The second kappa shape index (κ2) is 8.88. The van der Waals surface area contributed by atoms with Crippen LogP contribution in [0.5, 0.6) is 0 Å². The van der Waals surface area contributed by atoms with Gasteiger partial charge < -0.3 is 9.73 Å². The number of carbonyl (C=O) groups is 1. The van der Waals surface area contributed by atoms with Gasteiger partial charge in [-0.2, -0.15) is 0 Å². The van der Waals surface area contributed by atoms with Crippen molar-refractivity contribution in [1.82, 2.24) is 10.3 Å². The van der Waals surface area contributed by atoms with Gasteiger partial charge in [0.15, 0.2) is 16.6 Å². The molecule has 156 valence electrons. The fraction of sp³-hybridized carbons (Fsp3) is 0.125. The van der Waals surface area contributed by atoms with Gasteiger partial charge in [0.1, 0.15) is 5.52 Å². The summed E-state index contributed by atoms with van der Waals surface area (Å²) in [7, 11) is 0. The third-order valence-corrected chi connectivity index (χ3v) is 5.40. The van der Waals surface area contributed by atoms with E-state index in [9.17, 15) is 4.79 Å². The molecule has 4 aromatic rings. The maximum atomic E-state index is 12.2. The highest BCUT2D eigenvalue weighted by Crippen LogP contribution is 2.22. The topological polar surface area (TPSA) is 67.2 Å². The summed E-state index contributed by atoms with van der Waals surface area (Å²) in [5.41, 5.74) is 6.37. The summed E-state index contributed by atoms with van der Waals surface area (Å²) in [6.07, 6.45) is 0.588. The number of thiocarbonyl (C=S) groups is 1. The van der Waals surface area contributed by atoms with Crippen LogP contribution in [0.3, 0.4) is 0 Å². The highest BCUT2D eigenvalue weighted by atomic mass is 35.5. The van der Waals surface area contributed by atoms with Crippen LogP contribution in [0.1, 0.15) is 32.9 Å². The number of fused-ring (bicyclic) bond motifs is 1. The van der Waals surface area contributed by atoms with Gasteiger partial charge in [0, 0.05) is 22.7 Å². The maximum absolute atomic E-state index is 12.2. The van der Waals surface area contributed by atoms with Crippen molar-refractivity contribution in [1.29, 1.82) is 0 Å². The monoisotopic (exact) mass is 449 g/mol. The number of aryl methyl sites for hydroxylation is 2. The van der Waals surface area contributed by atoms with Crippen molar-refractivity contribution in [3.8, 4) is 0 Å². The predicted octanol–water partition coefficient (Wildman–Crippen LogP) is 5.82. The number of hydrogen-bond acceptors (Lipinski definition) is 4. The highest BCUT2D eigenvalue weighted by Gasteiger charge is 2.10. The van der Waals surface area contributed by atoms with E-state index in [0.717, 1.165) is 22.4 Å². The largest absolute Gasteiger partial charge is 0.440 e. The van der Waals surface area contributed by atoms with Crippen molar-refractivity contribution in [2.24, 2.45) is 0 Å². The number of aromatic nitrogens is 1. The zero-order valence-electron chi connectivity index (χ0n) is 17.0. The van der Waals surface area contributed by atoms with E-state index < -0.39 is 0 Å². The van der Waals surface area contributed by atoms with Crippen LogP contribution < -0.4 is 10.6 Å². The Morgan fingerprint density at radius 1 is 1.03 bits per heavy atom. The average molecular weight is 450 g/mol. The van der Waals surface area contributed by atoms with Gasteiger partial charge in [0.25, 0.3) is 5.91 Å². The van der Waals surface area contributed by atoms with Gasteiger partial charge in [-0.3, -0.25) is 10.1 Å². The maximum Gasteiger partial charge on any atom is 0.257 e. The van der Waals surface area contributed by atoms with E-state index in [2.05, 4.69) is 29.5 Å². The first kappa shape index (κ1) is 21.0. The highest BCUT2D eigenvalue weighted by molar-refractivity contribution is 7.80. The molecule has 2 N–H and O–H groups in total. The van der Waals surface area contributed by atoms with Gasteiger partial charge in [-0.25, -0.2) is 4.98 Å². The molecule has 0 saturated carbocycles. The molecule has 0 aliphatic heterocycles. The third kappa shape index (κ3) is 5.10. The Hall–Kier alpha value is -3.22. The lowest BCUT2D eigenvalue weighted by atomic mass is 10.1. The number of oxazole rings is 1. The van der Waals surface area contributed by atoms with Crippen molar-refractivity contribution in [3.63, 3.8) is 0 Å². The van der Waals surface area contributed by atoms with Crippen molar-refractivity contribution in [3.05, 3.63) is 93.8 Å². The van der Waals surface area contributed by atoms with Gasteiger partial charge in [-0.1, -0.05) is 23.7 Å². The van der Waals surface area contributed by atoms with Crippen LogP contribution >= 0.6 is 23.8 Å². The fourth-order valence-corrected chi connectivity index (χ4v) is 3.46. The van der Waals surface area contributed by atoms with E-state index in [-0.39, 0.29) is 11.0 Å². The van der Waals surface area contributed by atoms with Crippen molar-refractivity contribution in [2.45, 2.75) is 20.3 Å². The number of carbonyl (C=O) groups excluding carboxylic acids is 1.